The van der Waals surface area contributed by atoms with E-state index in [0.29, 0.717) is 19.8 Å². The molecule has 1 aliphatic rings. The van der Waals surface area contributed by atoms with E-state index in [9.17, 15) is 5.11 Å². The summed E-state index contributed by atoms with van der Waals surface area (Å²) in [4.78, 5) is 0. The van der Waals surface area contributed by atoms with Gasteiger partial charge in [-0.1, -0.05) is 15.9 Å². The van der Waals surface area contributed by atoms with E-state index < -0.39 is 6.10 Å². The van der Waals surface area contributed by atoms with Gasteiger partial charge in [-0.3, -0.25) is 0 Å². The number of rotatable bonds is 7. The van der Waals surface area contributed by atoms with E-state index in [0.717, 1.165) is 34.1 Å². The summed E-state index contributed by atoms with van der Waals surface area (Å²) in [6, 6.07) is 5.87. The van der Waals surface area contributed by atoms with Crippen LogP contribution in [0, 0.1) is 0 Å². The summed E-state index contributed by atoms with van der Waals surface area (Å²) >= 11 is 6.88. The molecule has 1 heterocycles. The van der Waals surface area contributed by atoms with Crippen LogP contribution in [0.3, 0.4) is 0 Å². The number of anilines is 1. The van der Waals surface area contributed by atoms with Crippen molar-refractivity contribution in [3.8, 4) is 0 Å². The SMILES string of the molecule is OC(CNc1ccc(Br)cc1Br)COCC1CCCO1. The lowest BCUT2D eigenvalue weighted by molar-refractivity contribution is -0.0137. The quantitative estimate of drug-likeness (QED) is 0.727. The molecule has 1 aromatic rings. The molecule has 0 amide bonds. The number of ether oxygens (including phenoxy) is 2. The lowest BCUT2D eigenvalue weighted by Crippen LogP contribution is -2.27. The minimum absolute atomic E-state index is 0.204. The van der Waals surface area contributed by atoms with Crippen molar-refractivity contribution < 1.29 is 14.6 Å². The molecular formula is C14H19Br2NO3. The predicted molar refractivity (Wildman–Crippen MR) is 86.1 cm³/mol. The van der Waals surface area contributed by atoms with E-state index in [-0.39, 0.29) is 6.10 Å². The van der Waals surface area contributed by atoms with Crippen LogP contribution in [0.15, 0.2) is 27.1 Å². The Morgan fingerprint density at radius 2 is 2.30 bits per heavy atom. The standard InChI is InChI=1S/C14H19Br2NO3/c15-10-3-4-14(13(16)6-10)17-7-11(18)8-19-9-12-2-1-5-20-12/h3-4,6,11-12,17-18H,1-2,5,7-9H2. The van der Waals surface area contributed by atoms with Crippen molar-refractivity contribution in [2.24, 2.45) is 0 Å². The lowest BCUT2D eigenvalue weighted by atomic mass is 10.2. The van der Waals surface area contributed by atoms with Crippen molar-refractivity contribution >= 4 is 37.5 Å². The molecule has 2 unspecified atom stereocenters. The average molecular weight is 409 g/mol. The Morgan fingerprint density at radius 3 is 3.00 bits per heavy atom. The summed E-state index contributed by atoms with van der Waals surface area (Å²) < 4.78 is 12.9. The Kier molecular flexibility index (Phi) is 6.77. The Balaban J connectivity index is 1.65. The number of benzene rings is 1. The van der Waals surface area contributed by atoms with Crippen LogP contribution < -0.4 is 5.32 Å². The van der Waals surface area contributed by atoms with Crippen LogP contribution >= 0.6 is 31.9 Å². The summed E-state index contributed by atoms with van der Waals surface area (Å²) in [5.41, 5.74) is 0.950. The normalized spacial score (nSPS) is 20.1. The first kappa shape index (κ1) is 16.2. The second-order valence-electron chi connectivity index (χ2n) is 4.83. The first-order valence-electron chi connectivity index (χ1n) is 6.71. The second kappa shape index (κ2) is 8.34. The number of aliphatic hydroxyl groups excluding tert-OH is 1. The number of hydrogen-bond donors (Lipinski definition) is 2. The van der Waals surface area contributed by atoms with Crippen molar-refractivity contribution in [2.45, 2.75) is 25.0 Å². The number of hydrogen-bond acceptors (Lipinski definition) is 4. The molecule has 0 aliphatic carbocycles. The molecule has 2 atom stereocenters. The predicted octanol–water partition coefficient (Wildman–Crippen LogP) is 3.18. The number of nitrogens with one attached hydrogen (secondary N) is 1. The highest BCUT2D eigenvalue weighted by atomic mass is 79.9. The fraction of sp³-hybridized carbons (Fsp3) is 0.571. The molecule has 2 rings (SSSR count). The molecule has 2 N–H and O–H groups in total. The highest BCUT2D eigenvalue weighted by Crippen LogP contribution is 2.26. The highest BCUT2D eigenvalue weighted by Gasteiger charge is 2.16. The molecule has 0 radical (unpaired) electrons. The van der Waals surface area contributed by atoms with Gasteiger partial charge in [0, 0.05) is 27.8 Å². The Labute approximate surface area is 136 Å². The Hall–Kier alpha value is -0.140. The largest absolute Gasteiger partial charge is 0.389 e. The summed E-state index contributed by atoms with van der Waals surface area (Å²) in [5, 5.41) is 13.1. The monoisotopic (exact) mass is 407 g/mol. The minimum atomic E-state index is -0.535. The third-order valence-corrected chi connectivity index (χ3v) is 4.25. The minimum Gasteiger partial charge on any atom is -0.389 e. The van der Waals surface area contributed by atoms with E-state index in [1.165, 1.54) is 0 Å². The molecule has 1 saturated heterocycles. The van der Waals surface area contributed by atoms with E-state index in [1.807, 2.05) is 18.2 Å². The topological polar surface area (TPSA) is 50.7 Å². The van der Waals surface area contributed by atoms with Gasteiger partial charge in [-0.2, -0.15) is 0 Å². The molecule has 20 heavy (non-hydrogen) atoms. The van der Waals surface area contributed by atoms with Crippen LogP contribution in [0.4, 0.5) is 5.69 Å². The Morgan fingerprint density at radius 1 is 1.45 bits per heavy atom. The van der Waals surface area contributed by atoms with Gasteiger partial charge in [0.2, 0.25) is 0 Å². The Bertz CT molecular complexity index is 425. The fourth-order valence-electron chi connectivity index (χ4n) is 2.03. The summed E-state index contributed by atoms with van der Waals surface area (Å²) in [6.07, 6.45) is 1.83. The van der Waals surface area contributed by atoms with Crippen LogP contribution in [-0.4, -0.2) is 43.7 Å². The zero-order valence-electron chi connectivity index (χ0n) is 11.1. The van der Waals surface area contributed by atoms with Gasteiger partial charge in [0.1, 0.15) is 0 Å². The van der Waals surface area contributed by atoms with E-state index >= 15 is 0 Å². The van der Waals surface area contributed by atoms with Gasteiger partial charge in [0.05, 0.1) is 25.4 Å². The molecule has 6 heteroatoms. The molecule has 1 aromatic carbocycles. The van der Waals surface area contributed by atoms with Gasteiger partial charge in [0.25, 0.3) is 0 Å². The zero-order chi connectivity index (χ0) is 14.4. The van der Waals surface area contributed by atoms with Gasteiger partial charge >= 0.3 is 0 Å². The second-order valence-corrected chi connectivity index (χ2v) is 6.60. The maximum Gasteiger partial charge on any atom is 0.0945 e. The summed E-state index contributed by atoms with van der Waals surface area (Å²) in [5.74, 6) is 0. The lowest BCUT2D eigenvalue weighted by Gasteiger charge is -2.16. The maximum absolute atomic E-state index is 9.88. The third-order valence-electron chi connectivity index (χ3n) is 3.10. The smallest absolute Gasteiger partial charge is 0.0945 e. The van der Waals surface area contributed by atoms with Crippen LogP contribution in [0.5, 0.6) is 0 Å². The first-order chi connectivity index (χ1) is 9.65. The molecule has 112 valence electrons. The van der Waals surface area contributed by atoms with E-state index in [4.69, 9.17) is 9.47 Å². The number of aliphatic hydroxyl groups is 1. The van der Waals surface area contributed by atoms with Crippen LogP contribution in [0.1, 0.15) is 12.8 Å². The number of halogens is 2. The van der Waals surface area contributed by atoms with Gasteiger partial charge in [-0.05, 0) is 47.0 Å². The van der Waals surface area contributed by atoms with Crippen molar-refractivity contribution in [1.29, 1.82) is 0 Å². The third kappa shape index (κ3) is 5.33. The van der Waals surface area contributed by atoms with Gasteiger partial charge < -0.3 is 19.9 Å². The average Bonchev–Trinajstić information content (AvgIpc) is 2.91. The highest BCUT2D eigenvalue weighted by molar-refractivity contribution is 9.11. The van der Waals surface area contributed by atoms with E-state index in [1.54, 1.807) is 0 Å². The van der Waals surface area contributed by atoms with Gasteiger partial charge in [0.15, 0.2) is 0 Å². The maximum atomic E-state index is 9.88. The fourth-order valence-corrected chi connectivity index (χ4v) is 3.22. The van der Waals surface area contributed by atoms with Crippen LogP contribution in [-0.2, 0) is 9.47 Å². The molecule has 1 fully saturated rings. The van der Waals surface area contributed by atoms with Gasteiger partial charge in [-0.15, -0.1) is 0 Å². The zero-order valence-corrected chi connectivity index (χ0v) is 14.3. The molecule has 0 spiro atoms. The van der Waals surface area contributed by atoms with Crippen LogP contribution in [0.2, 0.25) is 0 Å². The van der Waals surface area contributed by atoms with Gasteiger partial charge in [-0.25, -0.2) is 0 Å². The van der Waals surface area contributed by atoms with Crippen LogP contribution in [0.25, 0.3) is 0 Å². The molecule has 1 aliphatic heterocycles. The van der Waals surface area contributed by atoms with Crippen molar-refractivity contribution in [3.63, 3.8) is 0 Å². The summed E-state index contributed by atoms with van der Waals surface area (Å²) in [7, 11) is 0. The summed E-state index contributed by atoms with van der Waals surface area (Å²) in [6.45, 7) is 2.17. The molecule has 0 bridgehead atoms. The van der Waals surface area contributed by atoms with Crippen molar-refractivity contribution in [1.82, 2.24) is 0 Å². The van der Waals surface area contributed by atoms with Crippen molar-refractivity contribution in [3.05, 3.63) is 27.1 Å². The molecule has 0 saturated carbocycles. The van der Waals surface area contributed by atoms with Crippen molar-refractivity contribution in [2.75, 3.05) is 31.7 Å². The molecule has 4 nitrogen and oxygen atoms in total. The molecular weight excluding hydrogens is 390 g/mol. The first-order valence-corrected chi connectivity index (χ1v) is 8.30. The van der Waals surface area contributed by atoms with E-state index in [2.05, 4.69) is 37.2 Å². The molecule has 0 aromatic heterocycles.